The summed E-state index contributed by atoms with van der Waals surface area (Å²) in [6, 6.07) is 13.2. The number of amides is 1. The van der Waals surface area contributed by atoms with Crippen LogP contribution in [0.25, 0.3) is 0 Å². The van der Waals surface area contributed by atoms with Gasteiger partial charge in [0.1, 0.15) is 11.6 Å². The Bertz CT molecular complexity index is 877. The van der Waals surface area contributed by atoms with Gasteiger partial charge in [0, 0.05) is 44.8 Å². The maximum absolute atomic E-state index is 12.2. The number of carbonyl (C=O) groups excluding carboxylic acids is 1. The summed E-state index contributed by atoms with van der Waals surface area (Å²) >= 11 is 0. The largest absolute Gasteiger partial charge is 0.367 e. The van der Waals surface area contributed by atoms with Crippen LogP contribution < -0.4 is 15.1 Å². The molecule has 1 saturated heterocycles. The third kappa shape index (κ3) is 4.03. The van der Waals surface area contributed by atoms with Gasteiger partial charge in [-0.1, -0.05) is 6.07 Å². The molecule has 4 heterocycles. The van der Waals surface area contributed by atoms with Crippen LogP contribution in [0.3, 0.4) is 0 Å². The standard InChI is InChI=1S/C20H20N6O/c27-20(16-4-3-8-21-14-16)24-18-7-6-17(15-23-18)25-10-12-26(13-11-25)19-5-1-2-9-22-19/h1-9,14-15H,10-13H2,(H,23,24,27). The molecule has 136 valence electrons. The SMILES string of the molecule is O=C(Nc1ccc(N2CCN(c3ccccn3)CC2)cn1)c1cccnc1. The minimum absolute atomic E-state index is 0.215. The maximum Gasteiger partial charge on any atom is 0.258 e. The molecule has 0 radical (unpaired) electrons. The number of piperazine rings is 1. The molecule has 1 N–H and O–H groups in total. The van der Waals surface area contributed by atoms with E-state index in [9.17, 15) is 4.79 Å². The fraction of sp³-hybridized carbons (Fsp3) is 0.200. The topological polar surface area (TPSA) is 74.2 Å². The predicted octanol–water partition coefficient (Wildman–Crippen LogP) is 2.45. The number of rotatable bonds is 4. The predicted molar refractivity (Wildman–Crippen MR) is 105 cm³/mol. The van der Waals surface area contributed by atoms with Crippen molar-refractivity contribution in [1.82, 2.24) is 15.0 Å². The van der Waals surface area contributed by atoms with Gasteiger partial charge >= 0.3 is 0 Å². The van der Waals surface area contributed by atoms with Gasteiger partial charge in [0.15, 0.2) is 0 Å². The van der Waals surface area contributed by atoms with Gasteiger partial charge in [-0.2, -0.15) is 0 Å². The molecule has 0 unspecified atom stereocenters. The number of pyridine rings is 3. The zero-order valence-electron chi connectivity index (χ0n) is 14.8. The quantitative estimate of drug-likeness (QED) is 0.770. The Morgan fingerprint density at radius 1 is 0.852 bits per heavy atom. The lowest BCUT2D eigenvalue weighted by atomic mass is 10.2. The fourth-order valence-corrected chi connectivity index (χ4v) is 3.07. The second-order valence-corrected chi connectivity index (χ2v) is 6.26. The van der Waals surface area contributed by atoms with Crippen molar-refractivity contribution in [2.24, 2.45) is 0 Å². The molecular formula is C20H20N6O. The van der Waals surface area contributed by atoms with E-state index in [-0.39, 0.29) is 5.91 Å². The molecule has 7 heteroatoms. The van der Waals surface area contributed by atoms with Gasteiger partial charge in [0.05, 0.1) is 17.4 Å². The zero-order chi connectivity index (χ0) is 18.5. The summed E-state index contributed by atoms with van der Waals surface area (Å²) in [5.41, 5.74) is 1.56. The Kier molecular flexibility index (Phi) is 4.91. The normalized spacial score (nSPS) is 14.1. The van der Waals surface area contributed by atoms with Crippen molar-refractivity contribution in [3.63, 3.8) is 0 Å². The van der Waals surface area contributed by atoms with Gasteiger partial charge in [0.25, 0.3) is 5.91 Å². The number of carbonyl (C=O) groups is 1. The second-order valence-electron chi connectivity index (χ2n) is 6.26. The van der Waals surface area contributed by atoms with Gasteiger partial charge in [-0.15, -0.1) is 0 Å². The summed E-state index contributed by atoms with van der Waals surface area (Å²) in [4.78, 5) is 29.5. The van der Waals surface area contributed by atoms with E-state index < -0.39 is 0 Å². The van der Waals surface area contributed by atoms with Crippen molar-refractivity contribution in [2.45, 2.75) is 0 Å². The number of nitrogens with one attached hydrogen (secondary N) is 1. The highest BCUT2D eigenvalue weighted by molar-refractivity contribution is 6.03. The molecular weight excluding hydrogens is 340 g/mol. The third-order valence-electron chi connectivity index (χ3n) is 4.53. The van der Waals surface area contributed by atoms with E-state index in [4.69, 9.17) is 0 Å². The van der Waals surface area contributed by atoms with E-state index in [1.807, 2.05) is 36.5 Å². The first-order chi connectivity index (χ1) is 13.3. The van der Waals surface area contributed by atoms with Crippen molar-refractivity contribution in [2.75, 3.05) is 41.3 Å². The van der Waals surface area contributed by atoms with E-state index in [0.29, 0.717) is 11.4 Å². The van der Waals surface area contributed by atoms with Crippen LogP contribution in [-0.2, 0) is 0 Å². The molecule has 3 aromatic heterocycles. The van der Waals surface area contributed by atoms with Crippen LogP contribution in [0.2, 0.25) is 0 Å². The lowest BCUT2D eigenvalue weighted by Crippen LogP contribution is -2.46. The summed E-state index contributed by atoms with van der Waals surface area (Å²) in [6.07, 6.45) is 6.79. The van der Waals surface area contributed by atoms with Crippen LogP contribution in [0.1, 0.15) is 10.4 Å². The summed E-state index contributed by atoms with van der Waals surface area (Å²) in [6.45, 7) is 3.63. The molecule has 0 aromatic carbocycles. The Morgan fingerprint density at radius 3 is 2.37 bits per heavy atom. The Balaban J connectivity index is 1.35. The molecule has 7 nitrogen and oxygen atoms in total. The first kappa shape index (κ1) is 17.0. The monoisotopic (exact) mass is 360 g/mol. The average Bonchev–Trinajstić information content (AvgIpc) is 2.76. The molecule has 0 saturated carbocycles. The summed E-state index contributed by atoms with van der Waals surface area (Å²) < 4.78 is 0. The number of hydrogen-bond acceptors (Lipinski definition) is 6. The van der Waals surface area contributed by atoms with Crippen LogP contribution in [0.4, 0.5) is 17.3 Å². The molecule has 0 atom stereocenters. The van der Waals surface area contributed by atoms with Crippen molar-refractivity contribution in [3.05, 3.63) is 72.8 Å². The molecule has 27 heavy (non-hydrogen) atoms. The first-order valence-electron chi connectivity index (χ1n) is 8.88. The minimum Gasteiger partial charge on any atom is -0.367 e. The van der Waals surface area contributed by atoms with Gasteiger partial charge in [-0.3, -0.25) is 9.78 Å². The fourth-order valence-electron chi connectivity index (χ4n) is 3.07. The summed E-state index contributed by atoms with van der Waals surface area (Å²) in [5, 5.41) is 2.79. The molecule has 1 aliphatic rings. The molecule has 3 aromatic rings. The van der Waals surface area contributed by atoms with Crippen molar-refractivity contribution >= 4 is 23.2 Å². The second kappa shape index (κ2) is 7.82. The van der Waals surface area contributed by atoms with Crippen LogP contribution >= 0.6 is 0 Å². The van der Waals surface area contributed by atoms with Crippen LogP contribution in [0.5, 0.6) is 0 Å². The van der Waals surface area contributed by atoms with Gasteiger partial charge in [-0.05, 0) is 36.4 Å². The van der Waals surface area contributed by atoms with E-state index in [0.717, 1.165) is 37.7 Å². The van der Waals surface area contributed by atoms with Gasteiger partial charge < -0.3 is 15.1 Å². The van der Waals surface area contributed by atoms with Crippen LogP contribution in [0, 0.1) is 0 Å². The van der Waals surface area contributed by atoms with E-state index in [1.165, 1.54) is 6.20 Å². The Labute approximate surface area is 157 Å². The summed E-state index contributed by atoms with van der Waals surface area (Å²) in [7, 11) is 0. The molecule has 0 spiro atoms. The van der Waals surface area contributed by atoms with Gasteiger partial charge in [-0.25, -0.2) is 9.97 Å². The lowest BCUT2D eigenvalue weighted by Gasteiger charge is -2.36. The molecule has 1 amide bonds. The Morgan fingerprint density at radius 2 is 1.70 bits per heavy atom. The number of hydrogen-bond donors (Lipinski definition) is 1. The summed E-state index contributed by atoms with van der Waals surface area (Å²) in [5.74, 6) is 1.33. The van der Waals surface area contributed by atoms with E-state index in [2.05, 4.69) is 30.1 Å². The molecule has 0 aliphatic carbocycles. The van der Waals surface area contributed by atoms with Crippen LogP contribution in [0.15, 0.2) is 67.3 Å². The molecule has 0 bridgehead atoms. The average molecular weight is 360 g/mol. The smallest absolute Gasteiger partial charge is 0.258 e. The van der Waals surface area contributed by atoms with E-state index >= 15 is 0 Å². The third-order valence-corrected chi connectivity index (χ3v) is 4.53. The number of nitrogens with zero attached hydrogens (tertiary/aromatic N) is 5. The van der Waals surface area contributed by atoms with Crippen molar-refractivity contribution in [3.8, 4) is 0 Å². The van der Waals surface area contributed by atoms with Crippen molar-refractivity contribution < 1.29 is 4.79 Å². The lowest BCUT2D eigenvalue weighted by molar-refractivity contribution is 0.102. The molecule has 4 rings (SSSR count). The number of aromatic nitrogens is 3. The number of anilines is 3. The van der Waals surface area contributed by atoms with Crippen LogP contribution in [-0.4, -0.2) is 47.0 Å². The Hall–Kier alpha value is -3.48. The minimum atomic E-state index is -0.215. The van der Waals surface area contributed by atoms with Crippen molar-refractivity contribution in [1.29, 1.82) is 0 Å². The first-order valence-corrected chi connectivity index (χ1v) is 8.88. The highest BCUT2D eigenvalue weighted by Gasteiger charge is 2.18. The maximum atomic E-state index is 12.2. The highest BCUT2D eigenvalue weighted by atomic mass is 16.1. The highest BCUT2D eigenvalue weighted by Crippen LogP contribution is 2.19. The van der Waals surface area contributed by atoms with Gasteiger partial charge in [0.2, 0.25) is 0 Å². The molecule has 1 fully saturated rings. The molecule has 1 aliphatic heterocycles. The van der Waals surface area contributed by atoms with E-state index in [1.54, 1.807) is 24.5 Å². The zero-order valence-corrected chi connectivity index (χ0v) is 14.8.